The highest BCUT2D eigenvalue weighted by Crippen LogP contribution is 2.44. The van der Waals surface area contributed by atoms with Crippen LogP contribution in [0.25, 0.3) is 0 Å². The summed E-state index contributed by atoms with van der Waals surface area (Å²) < 4.78 is 22.4. The average molecular weight is 302 g/mol. The van der Waals surface area contributed by atoms with E-state index in [0.717, 1.165) is 12.8 Å². The Morgan fingerprint density at radius 2 is 1.95 bits per heavy atom. The van der Waals surface area contributed by atoms with E-state index in [4.69, 9.17) is 0 Å². The number of sulfone groups is 1. The van der Waals surface area contributed by atoms with Crippen LogP contribution in [0, 0.1) is 5.92 Å². The van der Waals surface area contributed by atoms with Crippen LogP contribution in [0.1, 0.15) is 33.1 Å². The third-order valence-corrected chi connectivity index (χ3v) is 5.30. The molecule has 1 aliphatic heterocycles. The average Bonchev–Trinajstić information content (AvgIpc) is 3.14. The molecular weight excluding hydrogens is 280 g/mol. The van der Waals surface area contributed by atoms with Crippen LogP contribution < -0.4 is 5.32 Å². The minimum absolute atomic E-state index is 0.0352. The van der Waals surface area contributed by atoms with E-state index in [-0.39, 0.29) is 23.5 Å². The number of carbonyl (C=O) groups is 2. The van der Waals surface area contributed by atoms with Crippen molar-refractivity contribution in [2.45, 2.75) is 44.7 Å². The fourth-order valence-corrected chi connectivity index (χ4v) is 3.52. The van der Waals surface area contributed by atoms with Gasteiger partial charge in [-0.05, 0) is 39.0 Å². The summed E-state index contributed by atoms with van der Waals surface area (Å²) in [6, 6.07) is -0.535. The molecule has 114 valence electrons. The molecule has 0 bridgehead atoms. The molecule has 2 aliphatic rings. The molecule has 0 spiro atoms. The predicted molar refractivity (Wildman–Crippen MR) is 74.8 cm³/mol. The quantitative estimate of drug-likeness (QED) is 0.771. The lowest BCUT2D eigenvalue weighted by atomic mass is 9.88. The van der Waals surface area contributed by atoms with Gasteiger partial charge in [0.2, 0.25) is 11.8 Å². The molecule has 0 radical (unpaired) electrons. The summed E-state index contributed by atoms with van der Waals surface area (Å²) in [7, 11) is -3.05. The van der Waals surface area contributed by atoms with Crippen molar-refractivity contribution in [2.24, 2.45) is 5.92 Å². The van der Waals surface area contributed by atoms with E-state index in [2.05, 4.69) is 5.32 Å². The first kappa shape index (κ1) is 15.3. The summed E-state index contributed by atoms with van der Waals surface area (Å²) >= 11 is 0. The molecule has 2 unspecified atom stereocenters. The van der Waals surface area contributed by atoms with E-state index in [0.29, 0.717) is 13.0 Å². The van der Waals surface area contributed by atoms with E-state index in [9.17, 15) is 18.0 Å². The smallest absolute Gasteiger partial charge is 0.246 e. The molecule has 6 nitrogen and oxygen atoms in total. The first-order valence-corrected chi connectivity index (χ1v) is 9.02. The molecule has 0 aromatic carbocycles. The molecule has 2 rings (SSSR count). The standard InChI is InChI=1S/C13H22N2O4S/c1-9-11(16)15(7-4-8-20(3,18)19)13(2,10-5-6-10)12(17)14-9/h9-10H,4-8H2,1-3H3,(H,14,17). The molecule has 2 amide bonds. The molecular formula is C13H22N2O4S. The Balaban J connectivity index is 2.15. The maximum atomic E-state index is 12.3. The summed E-state index contributed by atoms with van der Waals surface area (Å²) in [5, 5.41) is 2.73. The SMILES string of the molecule is CC1NC(=O)C(C)(C2CC2)N(CCCS(C)(=O)=O)C1=O. The van der Waals surface area contributed by atoms with Crippen molar-refractivity contribution in [1.29, 1.82) is 0 Å². The second kappa shape index (κ2) is 5.02. The van der Waals surface area contributed by atoms with Gasteiger partial charge >= 0.3 is 0 Å². The summed E-state index contributed by atoms with van der Waals surface area (Å²) in [6.07, 6.45) is 3.43. The minimum atomic E-state index is -3.05. The van der Waals surface area contributed by atoms with Gasteiger partial charge in [-0.15, -0.1) is 0 Å². The lowest BCUT2D eigenvalue weighted by Gasteiger charge is -2.46. The Morgan fingerprint density at radius 1 is 1.35 bits per heavy atom. The molecule has 0 aromatic heterocycles. The van der Waals surface area contributed by atoms with Gasteiger partial charge in [0.25, 0.3) is 0 Å². The van der Waals surface area contributed by atoms with Crippen molar-refractivity contribution in [3.05, 3.63) is 0 Å². The maximum Gasteiger partial charge on any atom is 0.246 e. The Labute approximate surface area is 119 Å². The van der Waals surface area contributed by atoms with Gasteiger partial charge in [-0.25, -0.2) is 8.42 Å². The van der Waals surface area contributed by atoms with Crippen LogP contribution in [0.3, 0.4) is 0 Å². The van der Waals surface area contributed by atoms with Crippen molar-refractivity contribution in [3.8, 4) is 0 Å². The zero-order valence-corrected chi connectivity index (χ0v) is 13.0. The van der Waals surface area contributed by atoms with Gasteiger partial charge in [0.15, 0.2) is 0 Å². The molecule has 7 heteroatoms. The lowest BCUT2D eigenvalue weighted by molar-refractivity contribution is -0.157. The minimum Gasteiger partial charge on any atom is -0.343 e. The van der Waals surface area contributed by atoms with E-state index in [1.165, 1.54) is 6.26 Å². The van der Waals surface area contributed by atoms with Crippen LogP contribution in [0.15, 0.2) is 0 Å². The van der Waals surface area contributed by atoms with E-state index < -0.39 is 21.4 Å². The third kappa shape index (κ3) is 2.82. The molecule has 2 fully saturated rings. The Bertz CT molecular complexity index is 526. The second-order valence-corrected chi connectivity index (χ2v) is 8.35. The highest BCUT2D eigenvalue weighted by Gasteiger charge is 2.56. The van der Waals surface area contributed by atoms with Gasteiger partial charge in [-0.3, -0.25) is 9.59 Å². The molecule has 20 heavy (non-hydrogen) atoms. The normalized spacial score (nSPS) is 31.4. The van der Waals surface area contributed by atoms with E-state index in [1.807, 2.05) is 0 Å². The van der Waals surface area contributed by atoms with Gasteiger partial charge in [0.1, 0.15) is 21.4 Å². The number of hydrogen-bond acceptors (Lipinski definition) is 4. The second-order valence-electron chi connectivity index (χ2n) is 6.09. The molecule has 2 atom stereocenters. The molecule has 1 saturated heterocycles. The van der Waals surface area contributed by atoms with Gasteiger partial charge in [-0.2, -0.15) is 0 Å². The molecule has 1 aliphatic carbocycles. The first-order chi connectivity index (χ1) is 9.16. The molecule has 0 aromatic rings. The van der Waals surface area contributed by atoms with E-state index in [1.54, 1.807) is 18.7 Å². The van der Waals surface area contributed by atoms with Crippen LogP contribution in [0.5, 0.6) is 0 Å². The summed E-state index contributed by atoms with van der Waals surface area (Å²) in [4.78, 5) is 26.2. The zero-order chi connectivity index (χ0) is 15.1. The third-order valence-electron chi connectivity index (χ3n) is 4.27. The van der Waals surface area contributed by atoms with Gasteiger partial charge in [0, 0.05) is 12.8 Å². The van der Waals surface area contributed by atoms with Gasteiger partial charge in [0.05, 0.1) is 5.75 Å². The summed E-state index contributed by atoms with van der Waals surface area (Å²) in [5.41, 5.74) is -0.818. The highest BCUT2D eigenvalue weighted by molar-refractivity contribution is 7.90. The van der Waals surface area contributed by atoms with Crippen LogP contribution in [-0.2, 0) is 19.4 Å². The van der Waals surface area contributed by atoms with Crippen molar-refractivity contribution in [3.63, 3.8) is 0 Å². The van der Waals surface area contributed by atoms with Gasteiger partial charge in [-0.1, -0.05) is 0 Å². The van der Waals surface area contributed by atoms with Crippen molar-refractivity contribution >= 4 is 21.7 Å². The summed E-state index contributed by atoms with van der Waals surface area (Å²) in [5.74, 6) is -0.01000. The molecule has 1 heterocycles. The number of piperazine rings is 1. The zero-order valence-electron chi connectivity index (χ0n) is 12.2. The number of hydrogen-bond donors (Lipinski definition) is 1. The number of nitrogens with zero attached hydrogens (tertiary/aromatic N) is 1. The first-order valence-electron chi connectivity index (χ1n) is 6.96. The largest absolute Gasteiger partial charge is 0.343 e. The van der Waals surface area contributed by atoms with Crippen molar-refractivity contribution < 1.29 is 18.0 Å². The Kier molecular flexibility index (Phi) is 3.83. The number of rotatable bonds is 5. The maximum absolute atomic E-state index is 12.3. The Morgan fingerprint density at radius 3 is 2.45 bits per heavy atom. The van der Waals surface area contributed by atoms with Crippen LogP contribution in [-0.4, -0.2) is 55.3 Å². The van der Waals surface area contributed by atoms with Gasteiger partial charge < -0.3 is 10.2 Å². The number of nitrogens with one attached hydrogen (secondary N) is 1. The fourth-order valence-electron chi connectivity index (χ4n) is 2.87. The predicted octanol–water partition coefficient (Wildman–Crippen LogP) is -0.0633. The molecule has 1 N–H and O–H groups in total. The van der Waals surface area contributed by atoms with Crippen molar-refractivity contribution in [1.82, 2.24) is 10.2 Å². The van der Waals surface area contributed by atoms with Crippen LogP contribution in [0.4, 0.5) is 0 Å². The Hall–Kier alpha value is -1.11. The van der Waals surface area contributed by atoms with Crippen LogP contribution in [0.2, 0.25) is 0 Å². The van der Waals surface area contributed by atoms with Crippen LogP contribution >= 0.6 is 0 Å². The summed E-state index contributed by atoms with van der Waals surface area (Å²) in [6.45, 7) is 3.77. The fraction of sp³-hybridized carbons (Fsp3) is 0.846. The topological polar surface area (TPSA) is 83.6 Å². The number of carbonyl (C=O) groups excluding carboxylic acids is 2. The monoisotopic (exact) mass is 302 g/mol. The highest BCUT2D eigenvalue weighted by atomic mass is 32.2. The number of amides is 2. The van der Waals surface area contributed by atoms with Crippen molar-refractivity contribution in [2.75, 3.05) is 18.6 Å². The lowest BCUT2D eigenvalue weighted by Crippen LogP contribution is -2.70. The van der Waals surface area contributed by atoms with E-state index >= 15 is 0 Å². The molecule has 1 saturated carbocycles.